The van der Waals surface area contributed by atoms with Gasteiger partial charge in [-0.15, -0.1) is 0 Å². The lowest BCUT2D eigenvalue weighted by Crippen LogP contribution is -1.99. The molecule has 1 N–H and O–H groups in total. The fraction of sp³-hybridized carbons (Fsp3) is 0.250. The first kappa shape index (κ1) is 10.5. The standard InChI is InChI=1S/C12H14N2O2/c1-14-6-5-13-12(14)8-9-7-10(16-2)3-4-11(9)15/h3-7,15H,8H2,1-2H3. The second-order valence-corrected chi connectivity index (χ2v) is 3.63. The molecule has 0 aliphatic carbocycles. The van der Waals surface area contributed by atoms with E-state index < -0.39 is 0 Å². The number of rotatable bonds is 3. The molecule has 0 fully saturated rings. The van der Waals surface area contributed by atoms with Crippen molar-refractivity contribution < 1.29 is 9.84 Å². The van der Waals surface area contributed by atoms with Crippen molar-refractivity contribution in [2.75, 3.05) is 7.11 Å². The molecule has 0 atom stereocenters. The van der Waals surface area contributed by atoms with Crippen LogP contribution in [0.4, 0.5) is 0 Å². The first-order chi connectivity index (χ1) is 7.70. The van der Waals surface area contributed by atoms with E-state index in [-0.39, 0.29) is 5.75 Å². The van der Waals surface area contributed by atoms with Gasteiger partial charge >= 0.3 is 0 Å². The smallest absolute Gasteiger partial charge is 0.119 e. The molecule has 0 aliphatic rings. The maximum absolute atomic E-state index is 9.73. The van der Waals surface area contributed by atoms with Crippen LogP contribution in [-0.2, 0) is 13.5 Å². The van der Waals surface area contributed by atoms with Gasteiger partial charge < -0.3 is 14.4 Å². The van der Waals surface area contributed by atoms with Crippen LogP contribution in [0.2, 0.25) is 0 Å². The molecule has 2 aromatic rings. The molecule has 84 valence electrons. The van der Waals surface area contributed by atoms with Gasteiger partial charge in [0.25, 0.3) is 0 Å². The molecule has 0 amide bonds. The molecule has 1 heterocycles. The van der Waals surface area contributed by atoms with E-state index in [1.165, 1.54) is 0 Å². The van der Waals surface area contributed by atoms with Crippen molar-refractivity contribution in [2.45, 2.75) is 6.42 Å². The van der Waals surface area contributed by atoms with Crippen LogP contribution in [0.1, 0.15) is 11.4 Å². The van der Waals surface area contributed by atoms with Crippen LogP contribution in [-0.4, -0.2) is 21.8 Å². The molecule has 16 heavy (non-hydrogen) atoms. The van der Waals surface area contributed by atoms with Gasteiger partial charge in [-0.25, -0.2) is 4.98 Å². The number of ether oxygens (including phenoxy) is 1. The van der Waals surface area contributed by atoms with E-state index in [1.54, 1.807) is 25.4 Å². The summed E-state index contributed by atoms with van der Waals surface area (Å²) in [6.45, 7) is 0. The van der Waals surface area contributed by atoms with E-state index in [1.807, 2.05) is 23.9 Å². The minimum Gasteiger partial charge on any atom is -0.508 e. The minimum absolute atomic E-state index is 0.267. The summed E-state index contributed by atoms with van der Waals surface area (Å²) in [5, 5.41) is 9.73. The number of phenols is 1. The van der Waals surface area contributed by atoms with E-state index in [4.69, 9.17) is 4.74 Å². The van der Waals surface area contributed by atoms with Crippen molar-refractivity contribution in [1.82, 2.24) is 9.55 Å². The van der Waals surface area contributed by atoms with Crippen LogP contribution in [0.5, 0.6) is 11.5 Å². The van der Waals surface area contributed by atoms with E-state index in [2.05, 4.69) is 4.98 Å². The Morgan fingerprint density at radius 2 is 2.25 bits per heavy atom. The summed E-state index contributed by atoms with van der Waals surface area (Å²) >= 11 is 0. The predicted octanol–water partition coefficient (Wildman–Crippen LogP) is 1.73. The van der Waals surface area contributed by atoms with Crippen LogP contribution in [0.15, 0.2) is 30.6 Å². The van der Waals surface area contributed by atoms with E-state index in [0.717, 1.165) is 17.1 Å². The lowest BCUT2D eigenvalue weighted by molar-refractivity contribution is 0.411. The molecule has 0 unspecified atom stereocenters. The molecule has 1 aromatic heterocycles. The Kier molecular flexibility index (Phi) is 2.81. The van der Waals surface area contributed by atoms with Gasteiger partial charge in [-0.1, -0.05) is 0 Å². The average molecular weight is 218 g/mol. The second kappa shape index (κ2) is 4.26. The number of hydrogen-bond donors (Lipinski definition) is 1. The van der Waals surface area contributed by atoms with Crippen molar-refractivity contribution in [2.24, 2.45) is 7.05 Å². The summed E-state index contributed by atoms with van der Waals surface area (Å²) in [7, 11) is 3.54. The normalized spacial score (nSPS) is 10.4. The Hall–Kier alpha value is -1.97. The zero-order valence-electron chi connectivity index (χ0n) is 9.34. The second-order valence-electron chi connectivity index (χ2n) is 3.63. The van der Waals surface area contributed by atoms with E-state index in [0.29, 0.717) is 6.42 Å². The fourth-order valence-electron chi connectivity index (χ4n) is 1.57. The van der Waals surface area contributed by atoms with E-state index >= 15 is 0 Å². The maximum Gasteiger partial charge on any atom is 0.119 e. The zero-order chi connectivity index (χ0) is 11.5. The van der Waals surface area contributed by atoms with Crippen LogP contribution in [0, 0.1) is 0 Å². The Morgan fingerprint density at radius 1 is 1.44 bits per heavy atom. The summed E-state index contributed by atoms with van der Waals surface area (Å²) in [5.41, 5.74) is 0.814. The number of methoxy groups -OCH3 is 1. The van der Waals surface area contributed by atoms with Crippen molar-refractivity contribution in [1.29, 1.82) is 0 Å². The van der Waals surface area contributed by atoms with Gasteiger partial charge in [0.2, 0.25) is 0 Å². The third kappa shape index (κ3) is 2.00. The number of phenolic OH excluding ortho intramolecular Hbond substituents is 1. The molecule has 4 heteroatoms. The fourth-order valence-corrected chi connectivity index (χ4v) is 1.57. The number of imidazole rings is 1. The SMILES string of the molecule is COc1ccc(O)c(Cc2nccn2C)c1. The molecule has 0 saturated carbocycles. The number of hydrogen-bond acceptors (Lipinski definition) is 3. The monoisotopic (exact) mass is 218 g/mol. The highest BCUT2D eigenvalue weighted by Gasteiger charge is 2.07. The maximum atomic E-state index is 9.73. The molecular formula is C12H14N2O2. The topological polar surface area (TPSA) is 47.3 Å². The highest BCUT2D eigenvalue weighted by molar-refractivity contribution is 5.40. The molecule has 0 aliphatic heterocycles. The van der Waals surface area contributed by atoms with Crippen molar-refractivity contribution in [3.63, 3.8) is 0 Å². The molecule has 1 aromatic carbocycles. The summed E-state index contributed by atoms with van der Waals surface area (Å²) in [6, 6.07) is 5.19. The molecule has 0 bridgehead atoms. The zero-order valence-corrected chi connectivity index (χ0v) is 9.34. The minimum atomic E-state index is 0.267. The van der Waals surface area contributed by atoms with Gasteiger partial charge in [0, 0.05) is 31.4 Å². The summed E-state index contributed by atoms with van der Waals surface area (Å²) in [5.74, 6) is 1.91. The number of aromatic hydroxyl groups is 1. The number of nitrogens with zero attached hydrogens (tertiary/aromatic N) is 2. The van der Waals surface area contributed by atoms with Crippen LogP contribution in [0.25, 0.3) is 0 Å². The third-order valence-corrected chi connectivity index (χ3v) is 2.56. The number of aryl methyl sites for hydroxylation is 1. The van der Waals surface area contributed by atoms with Crippen LogP contribution < -0.4 is 4.74 Å². The largest absolute Gasteiger partial charge is 0.508 e. The Morgan fingerprint density at radius 3 is 2.88 bits per heavy atom. The van der Waals surface area contributed by atoms with Crippen LogP contribution >= 0.6 is 0 Å². The Bertz CT molecular complexity index is 492. The molecule has 0 radical (unpaired) electrons. The number of aromatic nitrogens is 2. The van der Waals surface area contributed by atoms with E-state index in [9.17, 15) is 5.11 Å². The van der Waals surface area contributed by atoms with Gasteiger partial charge in [0.15, 0.2) is 0 Å². The van der Waals surface area contributed by atoms with Gasteiger partial charge in [0.05, 0.1) is 7.11 Å². The summed E-state index contributed by atoms with van der Waals surface area (Å²) in [6.07, 6.45) is 4.21. The molecule has 4 nitrogen and oxygen atoms in total. The molecule has 0 saturated heterocycles. The third-order valence-electron chi connectivity index (χ3n) is 2.56. The lowest BCUT2D eigenvalue weighted by Gasteiger charge is -2.07. The molecule has 2 rings (SSSR count). The summed E-state index contributed by atoms with van der Waals surface area (Å²) < 4.78 is 7.05. The van der Waals surface area contributed by atoms with Crippen molar-refractivity contribution in [3.8, 4) is 11.5 Å². The predicted molar refractivity (Wildman–Crippen MR) is 60.7 cm³/mol. The van der Waals surface area contributed by atoms with Crippen LogP contribution in [0.3, 0.4) is 0 Å². The summed E-state index contributed by atoms with van der Waals surface area (Å²) in [4.78, 5) is 4.22. The highest BCUT2D eigenvalue weighted by Crippen LogP contribution is 2.24. The highest BCUT2D eigenvalue weighted by atomic mass is 16.5. The number of benzene rings is 1. The van der Waals surface area contributed by atoms with Crippen molar-refractivity contribution >= 4 is 0 Å². The molecule has 0 spiro atoms. The quantitative estimate of drug-likeness (QED) is 0.853. The van der Waals surface area contributed by atoms with Gasteiger partial charge in [-0.05, 0) is 18.2 Å². The van der Waals surface area contributed by atoms with Crippen molar-refractivity contribution in [3.05, 3.63) is 42.0 Å². The van der Waals surface area contributed by atoms with Gasteiger partial charge in [0.1, 0.15) is 17.3 Å². The lowest BCUT2D eigenvalue weighted by atomic mass is 10.1. The van der Waals surface area contributed by atoms with Gasteiger partial charge in [-0.3, -0.25) is 0 Å². The molecular weight excluding hydrogens is 204 g/mol. The average Bonchev–Trinajstić information content (AvgIpc) is 2.68. The first-order valence-corrected chi connectivity index (χ1v) is 5.03. The Balaban J connectivity index is 2.30. The van der Waals surface area contributed by atoms with Gasteiger partial charge in [-0.2, -0.15) is 0 Å². The Labute approximate surface area is 94.1 Å². The first-order valence-electron chi connectivity index (χ1n) is 5.03.